The Kier molecular flexibility index (Phi) is 6.93. The van der Waals surface area contributed by atoms with E-state index in [2.05, 4.69) is 84.9 Å². The summed E-state index contributed by atoms with van der Waals surface area (Å²) in [4.78, 5) is 15.3. The van der Waals surface area contributed by atoms with Gasteiger partial charge in [0, 0.05) is 78.9 Å². The van der Waals surface area contributed by atoms with Crippen LogP contribution in [-0.4, -0.2) is 19.5 Å². The lowest BCUT2D eigenvalue weighted by Gasteiger charge is -2.17. The highest BCUT2D eigenvalue weighted by Crippen LogP contribution is 2.48. The minimum atomic E-state index is -0.154. The van der Waals surface area contributed by atoms with Crippen molar-refractivity contribution in [1.82, 2.24) is 19.5 Å². The molecule has 0 spiro atoms. The lowest BCUT2D eigenvalue weighted by atomic mass is 9.93. The summed E-state index contributed by atoms with van der Waals surface area (Å²) < 4.78 is 60.4. The van der Waals surface area contributed by atoms with Gasteiger partial charge in [-0.05, 0) is 53.5 Å². The van der Waals surface area contributed by atoms with E-state index in [1.165, 1.54) is 12.1 Å². The van der Waals surface area contributed by atoms with Gasteiger partial charge < -0.3 is 4.57 Å². The van der Waals surface area contributed by atoms with E-state index in [-0.39, 0.29) is 47.0 Å². The molecule has 4 aromatic heterocycles. The Morgan fingerprint density at radius 1 is 0.381 bits per heavy atom. The van der Waals surface area contributed by atoms with E-state index in [9.17, 15) is 2.74 Å². The molecule has 0 bridgehead atoms. The van der Waals surface area contributed by atoms with E-state index in [1.807, 2.05) is 77.4 Å². The van der Waals surface area contributed by atoms with Gasteiger partial charge in [-0.15, -0.1) is 22.7 Å². The Labute approximate surface area is 379 Å². The molecule has 0 aliphatic rings. The number of hydrogen-bond acceptors (Lipinski definition) is 5. The predicted octanol–water partition coefficient (Wildman–Crippen LogP) is 16.0. The minimum absolute atomic E-state index is 0.00570. The average molecular weight is 845 g/mol. The Bertz CT molecular complexity index is 4150. The summed E-state index contributed by atoms with van der Waals surface area (Å²) in [6.45, 7) is 0. The second-order valence-electron chi connectivity index (χ2n) is 15.4. The third-order valence-electron chi connectivity index (χ3n) is 11.8. The number of para-hydroxylation sites is 2. The summed E-state index contributed by atoms with van der Waals surface area (Å²) in [7, 11) is 0. The van der Waals surface area contributed by atoms with Crippen LogP contribution in [0, 0.1) is 0 Å². The maximum Gasteiger partial charge on any atom is 0.165 e. The first-order valence-electron chi connectivity index (χ1n) is 23.6. The Morgan fingerprint density at radius 2 is 0.952 bits per heavy atom. The fourth-order valence-corrected chi connectivity index (χ4v) is 11.5. The summed E-state index contributed by atoms with van der Waals surface area (Å²) in [5, 5.41) is 4.83. The topological polar surface area (TPSA) is 43.6 Å². The molecule has 13 rings (SSSR count). The molecule has 9 aromatic carbocycles. The van der Waals surface area contributed by atoms with E-state index < -0.39 is 0 Å². The van der Waals surface area contributed by atoms with Crippen molar-refractivity contribution in [2.24, 2.45) is 0 Å². The third-order valence-corrected chi connectivity index (χ3v) is 14.3. The van der Waals surface area contributed by atoms with Crippen LogP contribution in [0.25, 0.3) is 124 Å². The van der Waals surface area contributed by atoms with Crippen LogP contribution in [0.4, 0.5) is 0 Å². The number of benzene rings is 9. The highest BCUT2D eigenvalue weighted by molar-refractivity contribution is 7.26. The van der Waals surface area contributed by atoms with Crippen LogP contribution in [0.1, 0.15) is 8.22 Å². The highest BCUT2D eigenvalue weighted by atomic mass is 32.1. The van der Waals surface area contributed by atoms with Gasteiger partial charge in [-0.3, -0.25) is 0 Å². The fourth-order valence-electron chi connectivity index (χ4n) is 9.00. The molecule has 4 heterocycles. The van der Waals surface area contributed by atoms with E-state index in [4.69, 9.17) is 20.4 Å². The van der Waals surface area contributed by atoms with Crippen LogP contribution in [0.2, 0.25) is 0 Å². The number of nitrogens with zero attached hydrogens (tertiary/aromatic N) is 4. The maximum atomic E-state index is 9.33. The van der Waals surface area contributed by atoms with Crippen molar-refractivity contribution in [2.45, 2.75) is 0 Å². The molecule has 0 saturated carbocycles. The molecular formula is C57H34N4S2. The largest absolute Gasteiger partial charge is 0.309 e. The number of thiophene rings is 2. The van der Waals surface area contributed by atoms with Crippen molar-refractivity contribution in [1.29, 1.82) is 0 Å². The van der Waals surface area contributed by atoms with Gasteiger partial charge in [-0.25, -0.2) is 15.0 Å². The SMILES string of the molecule is [2H]c1cc([2H])c2c(c1[2H])c1c([2H])c([2H])cc([2H])c1n2-c1ccc(-c2ccc(-c3nc(-c4ccccc4)nc(-c4ccccc4)n3)c3sc4ccccc4c23)cc1-c1cccc2c1sc1ccccc12. The van der Waals surface area contributed by atoms with Crippen molar-refractivity contribution >= 4 is 84.8 Å². The molecule has 0 aliphatic heterocycles. The molecule has 0 saturated heterocycles. The second-order valence-corrected chi connectivity index (χ2v) is 17.5. The number of rotatable bonds is 6. The van der Waals surface area contributed by atoms with E-state index in [1.54, 1.807) is 22.7 Å². The summed E-state index contributed by atoms with van der Waals surface area (Å²) in [5.74, 6) is 1.73. The Hall–Kier alpha value is -7.77. The first-order chi connectivity index (χ1) is 33.7. The first kappa shape index (κ1) is 30.3. The van der Waals surface area contributed by atoms with Crippen LogP contribution in [0.5, 0.6) is 0 Å². The Balaban J connectivity index is 1.11. The lowest BCUT2D eigenvalue weighted by Crippen LogP contribution is -2.00. The zero-order valence-electron chi connectivity index (χ0n) is 39.3. The normalized spacial score (nSPS) is 13.1. The van der Waals surface area contributed by atoms with E-state index in [0.717, 1.165) is 79.3 Å². The van der Waals surface area contributed by atoms with Crippen LogP contribution in [-0.2, 0) is 0 Å². The fraction of sp³-hybridized carbons (Fsp3) is 0. The molecule has 63 heavy (non-hydrogen) atoms. The molecule has 4 nitrogen and oxygen atoms in total. The molecule has 13 aromatic rings. The van der Waals surface area contributed by atoms with Gasteiger partial charge in [0.05, 0.1) is 24.9 Å². The van der Waals surface area contributed by atoms with Gasteiger partial charge in [0.2, 0.25) is 0 Å². The molecule has 0 fully saturated rings. The van der Waals surface area contributed by atoms with Gasteiger partial charge >= 0.3 is 0 Å². The Morgan fingerprint density at radius 3 is 1.65 bits per heavy atom. The van der Waals surface area contributed by atoms with Crippen molar-refractivity contribution in [3.8, 4) is 62.1 Å². The van der Waals surface area contributed by atoms with E-state index >= 15 is 0 Å². The quantitative estimate of drug-likeness (QED) is 0.167. The van der Waals surface area contributed by atoms with Gasteiger partial charge in [0.1, 0.15) is 0 Å². The number of aromatic nitrogens is 4. The molecule has 0 atom stereocenters. The highest BCUT2D eigenvalue weighted by Gasteiger charge is 2.23. The monoisotopic (exact) mass is 844 g/mol. The maximum absolute atomic E-state index is 9.33. The molecule has 0 unspecified atom stereocenters. The van der Waals surface area contributed by atoms with Crippen LogP contribution < -0.4 is 0 Å². The molecule has 0 aliphatic carbocycles. The second kappa shape index (κ2) is 14.4. The summed E-state index contributed by atoms with van der Waals surface area (Å²) in [6, 6.07) is 55.7. The van der Waals surface area contributed by atoms with Crippen molar-refractivity contribution in [3.05, 3.63) is 206 Å². The number of hydrogen-bond donors (Lipinski definition) is 0. The average Bonchev–Trinajstić information content (AvgIpc) is 4.09. The van der Waals surface area contributed by atoms with Crippen LogP contribution >= 0.6 is 22.7 Å². The van der Waals surface area contributed by atoms with Gasteiger partial charge in [0.25, 0.3) is 0 Å². The molecule has 294 valence electrons. The zero-order valence-corrected chi connectivity index (χ0v) is 34.9. The predicted molar refractivity (Wildman–Crippen MR) is 267 cm³/mol. The van der Waals surface area contributed by atoms with Gasteiger partial charge in [-0.1, -0.05) is 164 Å². The molecule has 6 heteroatoms. The summed E-state index contributed by atoms with van der Waals surface area (Å²) in [5.41, 5.74) is 7.62. The molecular weight excluding hydrogens is 805 g/mol. The van der Waals surface area contributed by atoms with Crippen LogP contribution in [0.15, 0.2) is 206 Å². The van der Waals surface area contributed by atoms with Crippen molar-refractivity contribution in [3.63, 3.8) is 0 Å². The van der Waals surface area contributed by atoms with Crippen LogP contribution in [0.3, 0.4) is 0 Å². The third kappa shape index (κ3) is 5.76. The van der Waals surface area contributed by atoms with Crippen molar-refractivity contribution in [2.75, 3.05) is 0 Å². The van der Waals surface area contributed by atoms with Crippen molar-refractivity contribution < 1.29 is 8.22 Å². The smallest absolute Gasteiger partial charge is 0.165 e. The zero-order chi connectivity index (χ0) is 46.7. The number of fused-ring (bicyclic) bond motifs is 9. The summed E-state index contributed by atoms with van der Waals surface area (Å²) in [6.07, 6.45) is 0. The summed E-state index contributed by atoms with van der Waals surface area (Å²) >= 11 is 3.41. The molecule has 0 radical (unpaired) electrons. The standard InChI is InChI=1S/C57H34N4S2/c1-3-16-35(17-4-1)55-58-56(36-18-5-2-6-19-36)60-57(59-55)45-32-31-38(52-44-23-10-14-29-51(44)63-54(45)52)37-30-33-49(61-47-26-11-7-20-39(47)40-21-8-12-27-48(40)61)46(34-37)43-25-15-24-42-41-22-9-13-28-50(41)62-53(42)43/h1-34H/i7D,8D,20D,21D,26D,27D. The molecule has 0 N–H and O–H groups in total. The van der Waals surface area contributed by atoms with E-state index in [0.29, 0.717) is 34.2 Å². The lowest BCUT2D eigenvalue weighted by molar-refractivity contribution is 1.08. The minimum Gasteiger partial charge on any atom is -0.309 e. The molecule has 0 amide bonds. The van der Waals surface area contributed by atoms with Gasteiger partial charge in [-0.2, -0.15) is 0 Å². The van der Waals surface area contributed by atoms with Gasteiger partial charge in [0.15, 0.2) is 17.5 Å². The first-order valence-corrected chi connectivity index (χ1v) is 22.2.